The zero-order valence-electron chi connectivity index (χ0n) is 13.9. The lowest BCUT2D eigenvalue weighted by Crippen LogP contribution is -2.36. The molecule has 0 spiro atoms. The Kier molecular flexibility index (Phi) is 4.43. The van der Waals surface area contributed by atoms with Crippen LogP contribution in [0.3, 0.4) is 0 Å². The Morgan fingerprint density at radius 3 is 2.58 bits per heavy atom. The highest BCUT2D eigenvalue weighted by Gasteiger charge is 2.47. The van der Waals surface area contributed by atoms with Gasteiger partial charge in [-0.1, -0.05) is 6.07 Å². The Bertz CT molecular complexity index is 835. The van der Waals surface area contributed by atoms with Crippen molar-refractivity contribution in [3.8, 4) is 11.5 Å². The van der Waals surface area contributed by atoms with Crippen molar-refractivity contribution in [1.82, 2.24) is 9.78 Å². The predicted molar refractivity (Wildman–Crippen MR) is 84.8 cm³/mol. The van der Waals surface area contributed by atoms with Crippen molar-refractivity contribution in [2.75, 3.05) is 19.5 Å². The lowest BCUT2D eigenvalue weighted by atomic mass is 9.96. The third-order valence-corrected chi connectivity index (χ3v) is 4.28. The standard InChI is InChI=1S/C16H16F3N3O4/c1-25-11-4-3-8(5-12(11)26-2)10-6-13(16(17,18)19)22-14(21-10)9(7-20-22)15(23)24/h3-5,7,10,13,21H,6H2,1-2H3,(H,23,24)/t10-,13+/m1/s1. The van der Waals surface area contributed by atoms with Crippen LogP contribution in [0.4, 0.5) is 19.0 Å². The third-order valence-electron chi connectivity index (χ3n) is 4.28. The van der Waals surface area contributed by atoms with Crippen molar-refractivity contribution in [1.29, 1.82) is 0 Å². The second-order valence-corrected chi connectivity index (χ2v) is 5.76. The summed E-state index contributed by atoms with van der Waals surface area (Å²) >= 11 is 0. The molecule has 2 N–H and O–H groups in total. The summed E-state index contributed by atoms with van der Waals surface area (Å²) in [4.78, 5) is 11.3. The fourth-order valence-corrected chi connectivity index (χ4v) is 3.01. The van der Waals surface area contributed by atoms with Gasteiger partial charge in [0, 0.05) is 6.42 Å². The average Bonchev–Trinajstić information content (AvgIpc) is 3.03. The number of fused-ring (bicyclic) bond motifs is 1. The highest BCUT2D eigenvalue weighted by atomic mass is 19.4. The summed E-state index contributed by atoms with van der Waals surface area (Å²) in [6.45, 7) is 0. The fraction of sp³-hybridized carbons (Fsp3) is 0.375. The van der Waals surface area contributed by atoms with Gasteiger partial charge in [0.15, 0.2) is 17.5 Å². The number of hydrogen-bond donors (Lipinski definition) is 2. The fourth-order valence-electron chi connectivity index (χ4n) is 3.01. The highest BCUT2D eigenvalue weighted by molar-refractivity contribution is 5.93. The maximum atomic E-state index is 13.5. The van der Waals surface area contributed by atoms with E-state index in [0.717, 1.165) is 6.20 Å². The first kappa shape index (κ1) is 17.9. The van der Waals surface area contributed by atoms with Crippen LogP contribution in [-0.2, 0) is 0 Å². The Hall–Kier alpha value is -2.91. The van der Waals surface area contributed by atoms with Crippen molar-refractivity contribution >= 4 is 11.8 Å². The molecule has 26 heavy (non-hydrogen) atoms. The molecule has 140 valence electrons. The minimum absolute atomic E-state index is 0.175. The zero-order valence-corrected chi connectivity index (χ0v) is 13.9. The van der Waals surface area contributed by atoms with Gasteiger partial charge in [0.05, 0.1) is 26.5 Å². The van der Waals surface area contributed by atoms with E-state index in [9.17, 15) is 23.1 Å². The molecular weight excluding hydrogens is 355 g/mol. The molecule has 1 aliphatic rings. The van der Waals surface area contributed by atoms with Crippen LogP contribution in [-0.4, -0.2) is 41.3 Å². The number of methoxy groups -OCH3 is 2. The molecule has 0 radical (unpaired) electrons. The number of ether oxygens (including phenoxy) is 2. The molecule has 10 heteroatoms. The monoisotopic (exact) mass is 371 g/mol. The molecule has 0 saturated carbocycles. The van der Waals surface area contributed by atoms with E-state index in [0.29, 0.717) is 21.7 Å². The molecule has 2 heterocycles. The van der Waals surface area contributed by atoms with Gasteiger partial charge in [-0.3, -0.25) is 0 Å². The number of alkyl halides is 3. The molecule has 0 aliphatic carbocycles. The molecule has 0 unspecified atom stereocenters. The van der Waals surface area contributed by atoms with Crippen molar-refractivity contribution in [2.45, 2.75) is 24.7 Å². The number of anilines is 1. The van der Waals surface area contributed by atoms with E-state index < -0.39 is 24.2 Å². The minimum atomic E-state index is -4.58. The maximum absolute atomic E-state index is 13.5. The number of benzene rings is 1. The van der Waals surface area contributed by atoms with Gasteiger partial charge >= 0.3 is 12.1 Å². The Morgan fingerprint density at radius 1 is 1.31 bits per heavy atom. The van der Waals surface area contributed by atoms with E-state index in [4.69, 9.17) is 9.47 Å². The van der Waals surface area contributed by atoms with Gasteiger partial charge in [0.25, 0.3) is 0 Å². The summed E-state index contributed by atoms with van der Waals surface area (Å²) in [5.41, 5.74) is 0.199. The number of nitrogens with one attached hydrogen (secondary N) is 1. The highest BCUT2D eigenvalue weighted by Crippen LogP contribution is 2.45. The second-order valence-electron chi connectivity index (χ2n) is 5.76. The van der Waals surface area contributed by atoms with Crippen molar-refractivity contribution < 1.29 is 32.5 Å². The summed E-state index contributed by atoms with van der Waals surface area (Å²) in [5.74, 6) is -0.720. The minimum Gasteiger partial charge on any atom is -0.493 e. The van der Waals surface area contributed by atoms with E-state index in [1.54, 1.807) is 18.2 Å². The van der Waals surface area contributed by atoms with Crippen LogP contribution in [0.25, 0.3) is 0 Å². The van der Waals surface area contributed by atoms with Gasteiger partial charge < -0.3 is 19.9 Å². The van der Waals surface area contributed by atoms with Crippen molar-refractivity contribution in [3.05, 3.63) is 35.5 Å². The topological polar surface area (TPSA) is 85.6 Å². The number of carbonyl (C=O) groups is 1. The SMILES string of the molecule is COc1ccc([C@H]2C[C@@H](C(F)(F)F)n3ncc(C(=O)O)c3N2)cc1OC. The van der Waals surface area contributed by atoms with Crippen LogP contribution in [0.5, 0.6) is 11.5 Å². The largest absolute Gasteiger partial charge is 0.493 e. The summed E-state index contributed by atoms with van der Waals surface area (Å²) in [6, 6.07) is 2.05. The number of halogens is 3. The number of nitrogens with zero attached hydrogens (tertiary/aromatic N) is 2. The molecule has 0 saturated heterocycles. The molecule has 3 rings (SSSR count). The van der Waals surface area contributed by atoms with Crippen LogP contribution in [0.15, 0.2) is 24.4 Å². The summed E-state index contributed by atoms with van der Waals surface area (Å²) in [5, 5.41) is 15.7. The molecule has 7 nitrogen and oxygen atoms in total. The molecule has 2 atom stereocenters. The third kappa shape index (κ3) is 3.02. The molecule has 1 aromatic heterocycles. The number of carboxylic acid groups (broad SMARTS) is 1. The van der Waals surface area contributed by atoms with E-state index in [1.807, 2.05) is 0 Å². The van der Waals surface area contributed by atoms with Gasteiger partial charge in [0.2, 0.25) is 0 Å². The van der Waals surface area contributed by atoms with Gasteiger partial charge in [-0.25, -0.2) is 9.48 Å². The van der Waals surface area contributed by atoms with Gasteiger partial charge in [-0.15, -0.1) is 0 Å². The number of aromatic carboxylic acids is 1. The molecule has 2 aromatic rings. The predicted octanol–water partition coefficient (Wildman–Crippen LogP) is 3.26. The lowest BCUT2D eigenvalue weighted by Gasteiger charge is -2.34. The molecule has 1 aliphatic heterocycles. The van der Waals surface area contributed by atoms with E-state index in [1.165, 1.54) is 14.2 Å². The van der Waals surface area contributed by atoms with Crippen LogP contribution in [0.1, 0.15) is 34.4 Å². The molecular formula is C16H16F3N3O4. The van der Waals surface area contributed by atoms with E-state index in [-0.39, 0.29) is 17.8 Å². The van der Waals surface area contributed by atoms with Gasteiger partial charge in [0.1, 0.15) is 11.4 Å². The number of rotatable bonds is 4. The first-order valence-electron chi connectivity index (χ1n) is 7.62. The summed E-state index contributed by atoms with van der Waals surface area (Å²) in [6.07, 6.45) is -4.00. The van der Waals surface area contributed by atoms with E-state index in [2.05, 4.69) is 10.4 Å². The summed E-state index contributed by atoms with van der Waals surface area (Å²) in [7, 11) is 2.87. The van der Waals surface area contributed by atoms with Crippen LogP contribution >= 0.6 is 0 Å². The first-order chi connectivity index (χ1) is 12.3. The second kappa shape index (κ2) is 6.43. The first-order valence-corrected chi connectivity index (χ1v) is 7.62. The molecule has 0 bridgehead atoms. The van der Waals surface area contributed by atoms with Crippen molar-refractivity contribution in [3.63, 3.8) is 0 Å². The Labute approximate surface area is 146 Å². The number of aromatic nitrogens is 2. The Morgan fingerprint density at radius 2 is 2.00 bits per heavy atom. The molecule has 0 amide bonds. The lowest BCUT2D eigenvalue weighted by molar-refractivity contribution is -0.173. The van der Waals surface area contributed by atoms with Crippen LogP contribution in [0, 0.1) is 0 Å². The summed E-state index contributed by atoms with van der Waals surface area (Å²) < 4.78 is 51.5. The van der Waals surface area contributed by atoms with Crippen molar-refractivity contribution in [2.24, 2.45) is 0 Å². The quantitative estimate of drug-likeness (QED) is 0.858. The zero-order chi connectivity index (χ0) is 19.1. The van der Waals surface area contributed by atoms with Gasteiger partial charge in [-0.05, 0) is 17.7 Å². The average molecular weight is 371 g/mol. The number of hydrogen-bond acceptors (Lipinski definition) is 5. The molecule has 0 fully saturated rings. The van der Waals surface area contributed by atoms with Crippen LogP contribution < -0.4 is 14.8 Å². The molecule has 1 aromatic carbocycles. The maximum Gasteiger partial charge on any atom is 0.410 e. The van der Waals surface area contributed by atoms with Crippen LogP contribution in [0.2, 0.25) is 0 Å². The smallest absolute Gasteiger partial charge is 0.410 e. The normalized spacial score (nSPS) is 19.4. The number of carboxylic acids is 1. The van der Waals surface area contributed by atoms with E-state index >= 15 is 0 Å². The van der Waals surface area contributed by atoms with Gasteiger partial charge in [-0.2, -0.15) is 18.3 Å². The Balaban J connectivity index is 2.05.